The van der Waals surface area contributed by atoms with Crippen LogP contribution in [0.1, 0.15) is 43.9 Å². The van der Waals surface area contributed by atoms with Gasteiger partial charge in [0.1, 0.15) is 11.9 Å². The fourth-order valence-electron chi connectivity index (χ4n) is 4.76. The lowest BCUT2D eigenvalue weighted by atomic mass is 10.1. The number of hydrogen-bond donors (Lipinski definition) is 1. The molecular weight excluding hydrogens is 509 g/mol. The van der Waals surface area contributed by atoms with Crippen molar-refractivity contribution in [2.24, 2.45) is 4.99 Å². The number of amides is 1. The van der Waals surface area contributed by atoms with Gasteiger partial charge in [-0.2, -0.15) is 0 Å². The van der Waals surface area contributed by atoms with Gasteiger partial charge in [0.2, 0.25) is 0 Å². The van der Waals surface area contributed by atoms with Gasteiger partial charge in [0.05, 0.1) is 12.3 Å². The molecule has 0 bridgehead atoms. The Morgan fingerprint density at radius 1 is 1.13 bits per heavy atom. The molecule has 2 unspecified atom stereocenters. The summed E-state index contributed by atoms with van der Waals surface area (Å²) in [5, 5.41) is 3.57. The average molecular weight is 545 g/mol. The van der Waals surface area contributed by atoms with E-state index in [1.54, 1.807) is 6.26 Å². The number of piperidine rings is 1. The molecule has 3 aliphatic rings. The minimum Gasteiger partial charge on any atom is -0.468 e. The Morgan fingerprint density at radius 2 is 1.87 bits per heavy atom. The van der Waals surface area contributed by atoms with Gasteiger partial charge in [-0.25, -0.2) is 0 Å². The van der Waals surface area contributed by atoms with Gasteiger partial charge in [0.25, 0.3) is 5.91 Å². The van der Waals surface area contributed by atoms with Gasteiger partial charge in [0, 0.05) is 46.4 Å². The third-order valence-electron chi connectivity index (χ3n) is 6.46. The number of guanidine groups is 1. The number of carbonyl (C=O) groups is 1. The van der Waals surface area contributed by atoms with E-state index < -0.39 is 0 Å². The van der Waals surface area contributed by atoms with Crippen LogP contribution in [-0.4, -0.2) is 92.1 Å². The fourth-order valence-corrected chi connectivity index (χ4v) is 4.76. The molecule has 8 nitrogen and oxygen atoms in total. The molecule has 3 fully saturated rings. The van der Waals surface area contributed by atoms with Gasteiger partial charge >= 0.3 is 0 Å². The van der Waals surface area contributed by atoms with E-state index in [-0.39, 0.29) is 42.0 Å². The molecule has 2 atom stereocenters. The number of piperazine rings is 1. The molecule has 0 saturated carbocycles. The molecule has 0 radical (unpaired) electrons. The second-order valence-electron chi connectivity index (χ2n) is 8.37. The lowest BCUT2D eigenvalue weighted by molar-refractivity contribution is -0.142. The first-order valence-electron chi connectivity index (χ1n) is 11.4. The van der Waals surface area contributed by atoms with Crippen molar-refractivity contribution in [2.45, 2.75) is 44.2 Å². The largest absolute Gasteiger partial charge is 0.468 e. The smallest absolute Gasteiger partial charge is 0.251 e. The molecule has 4 heterocycles. The standard InChI is InChI=1S/C22H35N5O3.HI/c1-23-22(27-13-11-26(12-14-27)21(28)20-8-6-16-30-20)24-17-18(19-7-5-15-29-19)25-9-3-2-4-10-25;/h5,7,15,18,20H,2-4,6,8-14,16-17H2,1H3,(H,23,24);1H. The summed E-state index contributed by atoms with van der Waals surface area (Å²) in [7, 11) is 1.83. The summed E-state index contributed by atoms with van der Waals surface area (Å²) in [6, 6.07) is 4.24. The Morgan fingerprint density at radius 3 is 2.48 bits per heavy atom. The summed E-state index contributed by atoms with van der Waals surface area (Å²) < 4.78 is 11.3. The van der Waals surface area contributed by atoms with Gasteiger partial charge in [-0.3, -0.25) is 14.7 Å². The SMILES string of the molecule is CN=C(NCC(c1ccco1)N1CCCCC1)N1CCN(C(=O)C2CCCO2)CC1.I. The van der Waals surface area contributed by atoms with Crippen molar-refractivity contribution in [1.29, 1.82) is 0 Å². The van der Waals surface area contributed by atoms with Crippen LogP contribution in [0.25, 0.3) is 0 Å². The topological polar surface area (TPSA) is 73.6 Å². The average Bonchev–Trinajstić information content (AvgIpc) is 3.52. The zero-order valence-corrected chi connectivity index (χ0v) is 20.8. The maximum atomic E-state index is 12.6. The van der Waals surface area contributed by atoms with E-state index in [1.165, 1.54) is 19.3 Å². The number of carbonyl (C=O) groups excluding carboxylic acids is 1. The van der Waals surface area contributed by atoms with Crippen molar-refractivity contribution in [3.05, 3.63) is 24.2 Å². The quantitative estimate of drug-likeness (QED) is 0.348. The Hall–Kier alpha value is -1.33. The predicted octanol–water partition coefficient (Wildman–Crippen LogP) is 2.32. The number of furan rings is 1. The molecule has 1 aromatic heterocycles. The summed E-state index contributed by atoms with van der Waals surface area (Å²) >= 11 is 0. The van der Waals surface area contributed by atoms with Crippen molar-refractivity contribution >= 4 is 35.8 Å². The molecule has 1 N–H and O–H groups in total. The number of hydrogen-bond acceptors (Lipinski definition) is 5. The zero-order valence-electron chi connectivity index (χ0n) is 18.5. The Balaban J connectivity index is 0.00000272. The third kappa shape index (κ3) is 6.13. The highest BCUT2D eigenvalue weighted by Gasteiger charge is 2.31. The molecule has 31 heavy (non-hydrogen) atoms. The van der Waals surface area contributed by atoms with Crippen LogP contribution < -0.4 is 5.32 Å². The van der Waals surface area contributed by atoms with Gasteiger partial charge in [-0.05, 0) is 50.9 Å². The molecule has 4 rings (SSSR count). The van der Waals surface area contributed by atoms with E-state index in [1.807, 2.05) is 18.0 Å². The molecule has 3 saturated heterocycles. The van der Waals surface area contributed by atoms with E-state index in [4.69, 9.17) is 9.15 Å². The highest BCUT2D eigenvalue weighted by atomic mass is 127. The minimum absolute atomic E-state index is 0. The number of ether oxygens (including phenoxy) is 1. The summed E-state index contributed by atoms with van der Waals surface area (Å²) in [5.41, 5.74) is 0. The Kier molecular flexibility index (Phi) is 9.46. The maximum absolute atomic E-state index is 12.6. The van der Waals surface area contributed by atoms with Crippen LogP contribution in [0.5, 0.6) is 0 Å². The number of nitrogens with zero attached hydrogens (tertiary/aromatic N) is 4. The normalized spacial score (nSPS) is 24.0. The Labute approximate surface area is 202 Å². The first kappa shape index (κ1) is 24.3. The lowest BCUT2D eigenvalue weighted by Gasteiger charge is -2.38. The number of nitrogens with one attached hydrogen (secondary N) is 1. The molecule has 0 aliphatic carbocycles. The van der Waals surface area contributed by atoms with E-state index in [9.17, 15) is 4.79 Å². The van der Waals surface area contributed by atoms with E-state index in [0.717, 1.165) is 57.3 Å². The molecule has 174 valence electrons. The van der Waals surface area contributed by atoms with Gasteiger partial charge in [0.15, 0.2) is 5.96 Å². The minimum atomic E-state index is -0.229. The van der Waals surface area contributed by atoms with E-state index >= 15 is 0 Å². The summed E-state index contributed by atoms with van der Waals surface area (Å²) in [5.74, 6) is 2.05. The molecule has 0 aromatic carbocycles. The number of rotatable bonds is 5. The molecule has 1 amide bonds. The number of likely N-dealkylation sites (tertiary alicyclic amines) is 1. The van der Waals surface area contributed by atoms with Crippen molar-refractivity contribution in [3.63, 3.8) is 0 Å². The second-order valence-corrected chi connectivity index (χ2v) is 8.37. The molecule has 3 aliphatic heterocycles. The van der Waals surface area contributed by atoms with Gasteiger partial charge in [-0.15, -0.1) is 24.0 Å². The second kappa shape index (κ2) is 12.1. The predicted molar refractivity (Wildman–Crippen MR) is 131 cm³/mol. The highest BCUT2D eigenvalue weighted by Crippen LogP contribution is 2.24. The van der Waals surface area contributed by atoms with Crippen molar-refractivity contribution in [3.8, 4) is 0 Å². The van der Waals surface area contributed by atoms with E-state index in [0.29, 0.717) is 19.7 Å². The number of aliphatic imine (C=N–C) groups is 1. The zero-order chi connectivity index (χ0) is 20.8. The van der Waals surface area contributed by atoms with Crippen molar-refractivity contribution in [1.82, 2.24) is 20.0 Å². The highest BCUT2D eigenvalue weighted by molar-refractivity contribution is 14.0. The van der Waals surface area contributed by atoms with Crippen LogP contribution in [0.4, 0.5) is 0 Å². The van der Waals surface area contributed by atoms with Crippen LogP contribution >= 0.6 is 24.0 Å². The lowest BCUT2D eigenvalue weighted by Crippen LogP contribution is -2.56. The van der Waals surface area contributed by atoms with Crippen LogP contribution in [0, 0.1) is 0 Å². The molecule has 1 aromatic rings. The van der Waals surface area contributed by atoms with Crippen LogP contribution in [0.15, 0.2) is 27.8 Å². The fraction of sp³-hybridized carbons (Fsp3) is 0.727. The van der Waals surface area contributed by atoms with E-state index in [2.05, 4.69) is 26.2 Å². The Bertz CT molecular complexity index is 694. The maximum Gasteiger partial charge on any atom is 0.251 e. The summed E-state index contributed by atoms with van der Waals surface area (Å²) in [6.45, 7) is 6.68. The van der Waals surface area contributed by atoms with Crippen LogP contribution in [-0.2, 0) is 9.53 Å². The third-order valence-corrected chi connectivity index (χ3v) is 6.46. The van der Waals surface area contributed by atoms with Gasteiger partial charge < -0.3 is 24.3 Å². The molecular formula is C22H36IN5O3. The summed E-state index contributed by atoms with van der Waals surface area (Å²) in [6.07, 6.45) is 7.16. The van der Waals surface area contributed by atoms with Crippen molar-refractivity contribution in [2.75, 3.05) is 59.5 Å². The molecule has 0 spiro atoms. The molecule has 9 heteroatoms. The number of halogens is 1. The first-order chi connectivity index (χ1) is 14.8. The van der Waals surface area contributed by atoms with Gasteiger partial charge in [-0.1, -0.05) is 6.42 Å². The summed E-state index contributed by atoms with van der Waals surface area (Å²) in [4.78, 5) is 23.8. The van der Waals surface area contributed by atoms with Crippen molar-refractivity contribution < 1.29 is 13.9 Å². The monoisotopic (exact) mass is 545 g/mol. The van der Waals surface area contributed by atoms with Crippen LogP contribution in [0.2, 0.25) is 0 Å². The van der Waals surface area contributed by atoms with Crippen LogP contribution in [0.3, 0.4) is 0 Å². The first-order valence-corrected chi connectivity index (χ1v) is 11.4.